The lowest BCUT2D eigenvalue weighted by Crippen LogP contribution is -2.52. The minimum Gasteiger partial charge on any atom is -0.480 e. The fraction of sp³-hybridized carbons (Fsp3) is 0.875. The van der Waals surface area contributed by atoms with E-state index in [-0.39, 0.29) is 18.5 Å². The minimum absolute atomic E-state index is 0.102. The van der Waals surface area contributed by atoms with Crippen LogP contribution in [0.5, 0.6) is 0 Å². The summed E-state index contributed by atoms with van der Waals surface area (Å²) in [7, 11) is 0. The third kappa shape index (κ3) is 5.93. The van der Waals surface area contributed by atoms with Crippen molar-refractivity contribution in [1.82, 2.24) is 15.1 Å². The van der Waals surface area contributed by atoms with Crippen molar-refractivity contribution in [1.29, 1.82) is 0 Å². The summed E-state index contributed by atoms with van der Waals surface area (Å²) in [5.74, 6) is -0.669. The first-order valence-corrected chi connectivity index (χ1v) is 8.47. The summed E-state index contributed by atoms with van der Waals surface area (Å²) in [4.78, 5) is 27.2. The van der Waals surface area contributed by atoms with E-state index >= 15 is 0 Å². The van der Waals surface area contributed by atoms with E-state index in [0.717, 1.165) is 51.9 Å². The summed E-state index contributed by atoms with van der Waals surface area (Å²) in [6.07, 6.45) is 3.94. The van der Waals surface area contributed by atoms with Gasteiger partial charge in [0.05, 0.1) is 12.6 Å². The van der Waals surface area contributed by atoms with Gasteiger partial charge < -0.3 is 10.4 Å². The van der Waals surface area contributed by atoms with Gasteiger partial charge in [0.25, 0.3) is 0 Å². The summed E-state index contributed by atoms with van der Waals surface area (Å²) in [5.41, 5.74) is 0. The fourth-order valence-corrected chi connectivity index (χ4v) is 3.01. The molecule has 22 heavy (non-hydrogen) atoms. The lowest BCUT2D eigenvalue weighted by atomic mass is 10.0. The predicted octanol–water partition coefficient (Wildman–Crippen LogP) is 1.16. The molecule has 1 heterocycles. The van der Waals surface area contributed by atoms with Crippen LogP contribution in [0.4, 0.5) is 0 Å². The number of rotatable bonds is 9. The van der Waals surface area contributed by atoms with Crippen molar-refractivity contribution >= 4 is 11.9 Å². The lowest BCUT2D eigenvalue weighted by Gasteiger charge is -2.39. The standard InChI is InChI=1S/C16H31N3O3/c1-4-6-9-17-16(22)13(3)19-10-7-14(8-11-19)18(5-2)12-15(20)21/h13-14H,4-12H2,1-3H3,(H,17,22)(H,20,21). The van der Waals surface area contributed by atoms with Gasteiger partial charge in [0, 0.05) is 25.7 Å². The molecule has 6 heteroatoms. The molecule has 128 valence electrons. The predicted molar refractivity (Wildman–Crippen MR) is 86.9 cm³/mol. The van der Waals surface area contributed by atoms with E-state index in [2.05, 4.69) is 17.1 Å². The van der Waals surface area contributed by atoms with Gasteiger partial charge in [0.1, 0.15) is 0 Å². The number of carbonyl (C=O) groups excluding carboxylic acids is 1. The third-order valence-corrected chi connectivity index (χ3v) is 4.52. The minimum atomic E-state index is -0.770. The summed E-state index contributed by atoms with van der Waals surface area (Å²) >= 11 is 0. The molecule has 0 bridgehead atoms. The van der Waals surface area contributed by atoms with Gasteiger partial charge in [-0.1, -0.05) is 20.3 Å². The van der Waals surface area contributed by atoms with E-state index in [4.69, 9.17) is 5.11 Å². The van der Waals surface area contributed by atoms with E-state index in [1.807, 2.05) is 18.7 Å². The number of unbranched alkanes of at least 4 members (excludes halogenated alkanes) is 1. The fourth-order valence-electron chi connectivity index (χ4n) is 3.01. The molecule has 1 aliphatic heterocycles. The van der Waals surface area contributed by atoms with Gasteiger partial charge in [-0.2, -0.15) is 0 Å². The van der Waals surface area contributed by atoms with Crippen molar-refractivity contribution in [3.63, 3.8) is 0 Å². The van der Waals surface area contributed by atoms with Gasteiger partial charge in [-0.15, -0.1) is 0 Å². The van der Waals surface area contributed by atoms with Crippen molar-refractivity contribution in [2.75, 3.05) is 32.7 Å². The van der Waals surface area contributed by atoms with E-state index in [1.165, 1.54) is 0 Å². The Morgan fingerprint density at radius 2 is 1.95 bits per heavy atom. The average Bonchev–Trinajstić information content (AvgIpc) is 2.52. The third-order valence-electron chi connectivity index (χ3n) is 4.52. The van der Waals surface area contributed by atoms with E-state index in [1.54, 1.807) is 0 Å². The number of hydrogen-bond donors (Lipinski definition) is 2. The largest absolute Gasteiger partial charge is 0.480 e. The molecule has 0 spiro atoms. The van der Waals surface area contributed by atoms with Gasteiger partial charge in [0.15, 0.2) is 0 Å². The Balaban J connectivity index is 2.40. The Morgan fingerprint density at radius 3 is 2.45 bits per heavy atom. The molecule has 1 saturated heterocycles. The second kappa shape index (κ2) is 9.79. The molecule has 0 radical (unpaired) electrons. The van der Waals surface area contributed by atoms with Crippen LogP contribution < -0.4 is 5.32 Å². The highest BCUT2D eigenvalue weighted by Gasteiger charge is 2.29. The van der Waals surface area contributed by atoms with Crippen molar-refractivity contribution in [2.45, 2.75) is 58.5 Å². The second-order valence-corrected chi connectivity index (χ2v) is 6.04. The molecular weight excluding hydrogens is 282 g/mol. The Morgan fingerprint density at radius 1 is 1.32 bits per heavy atom. The SMILES string of the molecule is CCCCNC(=O)C(C)N1CCC(N(CC)CC(=O)O)CC1. The van der Waals surface area contributed by atoms with Crippen LogP contribution >= 0.6 is 0 Å². The Kier molecular flexibility index (Phi) is 8.42. The first-order valence-electron chi connectivity index (χ1n) is 8.47. The normalized spacial score (nSPS) is 18.4. The molecular formula is C16H31N3O3. The van der Waals surface area contributed by atoms with Crippen molar-refractivity contribution in [3.8, 4) is 0 Å². The van der Waals surface area contributed by atoms with Gasteiger partial charge in [-0.3, -0.25) is 19.4 Å². The van der Waals surface area contributed by atoms with Crippen molar-refractivity contribution in [2.24, 2.45) is 0 Å². The van der Waals surface area contributed by atoms with E-state index in [0.29, 0.717) is 6.04 Å². The Bertz CT molecular complexity index is 355. The zero-order valence-corrected chi connectivity index (χ0v) is 14.2. The second-order valence-electron chi connectivity index (χ2n) is 6.04. The maximum absolute atomic E-state index is 12.1. The van der Waals surface area contributed by atoms with E-state index < -0.39 is 5.97 Å². The van der Waals surface area contributed by atoms with Gasteiger partial charge in [0.2, 0.25) is 5.91 Å². The summed E-state index contributed by atoms with van der Waals surface area (Å²) < 4.78 is 0. The highest BCUT2D eigenvalue weighted by Crippen LogP contribution is 2.18. The zero-order valence-electron chi connectivity index (χ0n) is 14.2. The Labute approximate surface area is 133 Å². The maximum atomic E-state index is 12.1. The molecule has 1 fully saturated rings. The first kappa shape index (κ1) is 18.9. The lowest BCUT2D eigenvalue weighted by molar-refractivity contribution is -0.139. The molecule has 1 aliphatic rings. The molecule has 0 aromatic carbocycles. The number of nitrogens with zero attached hydrogens (tertiary/aromatic N) is 2. The number of carbonyl (C=O) groups is 2. The van der Waals surface area contributed by atoms with Crippen LogP contribution in [0.25, 0.3) is 0 Å². The van der Waals surface area contributed by atoms with Crippen LogP contribution in [0, 0.1) is 0 Å². The highest BCUT2D eigenvalue weighted by molar-refractivity contribution is 5.81. The number of likely N-dealkylation sites (N-methyl/N-ethyl adjacent to an activating group) is 1. The highest BCUT2D eigenvalue weighted by atomic mass is 16.4. The van der Waals surface area contributed by atoms with Crippen LogP contribution in [-0.2, 0) is 9.59 Å². The van der Waals surface area contributed by atoms with E-state index in [9.17, 15) is 9.59 Å². The summed E-state index contributed by atoms with van der Waals surface area (Å²) in [6.45, 7) is 9.37. The molecule has 0 aliphatic carbocycles. The summed E-state index contributed by atoms with van der Waals surface area (Å²) in [6, 6.07) is 0.208. The smallest absolute Gasteiger partial charge is 0.317 e. The molecule has 2 N–H and O–H groups in total. The number of aliphatic carboxylic acids is 1. The monoisotopic (exact) mass is 313 g/mol. The topological polar surface area (TPSA) is 72.9 Å². The molecule has 1 atom stereocenters. The zero-order chi connectivity index (χ0) is 16.5. The van der Waals surface area contributed by atoms with Gasteiger partial charge >= 0.3 is 5.97 Å². The van der Waals surface area contributed by atoms with Gasteiger partial charge in [-0.25, -0.2) is 0 Å². The molecule has 6 nitrogen and oxygen atoms in total. The molecule has 1 unspecified atom stereocenters. The maximum Gasteiger partial charge on any atom is 0.317 e. The van der Waals surface area contributed by atoms with Gasteiger partial charge in [-0.05, 0) is 32.7 Å². The quantitative estimate of drug-likeness (QED) is 0.625. The van der Waals surface area contributed by atoms with Crippen LogP contribution in [0.3, 0.4) is 0 Å². The van der Waals surface area contributed by atoms with Crippen molar-refractivity contribution in [3.05, 3.63) is 0 Å². The van der Waals surface area contributed by atoms with Crippen molar-refractivity contribution < 1.29 is 14.7 Å². The number of amides is 1. The summed E-state index contributed by atoms with van der Waals surface area (Å²) in [5, 5.41) is 11.9. The molecule has 0 aromatic rings. The van der Waals surface area contributed by atoms with Crippen LogP contribution in [0.1, 0.15) is 46.5 Å². The first-order chi connectivity index (χ1) is 10.5. The number of nitrogens with one attached hydrogen (secondary N) is 1. The Hall–Kier alpha value is -1.14. The molecule has 1 amide bonds. The number of carboxylic acid groups (broad SMARTS) is 1. The van der Waals surface area contributed by atoms with Crippen LogP contribution in [-0.4, -0.2) is 71.6 Å². The number of piperidine rings is 1. The van der Waals surface area contributed by atoms with Crippen LogP contribution in [0.15, 0.2) is 0 Å². The number of likely N-dealkylation sites (tertiary alicyclic amines) is 1. The molecule has 1 rings (SSSR count). The average molecular weight is 313 g/mol. The van der Waals surface area contributed by atoms with Crippen LogP contribution in [0.2, 0.25) is 0 Å². The number of carboxylic acids is 1. The molecule has 0 aromatic heterocycles. The molecule has 0 saturated carbocycles. The number of hydrogen-bond acceptors (Lipinski definition) is 4.